The standard InChI is InChI=1S/C17H25NO3/c1-18-11-10-17(9-5-7-13(18)16(17)19)12-6-4-8-14(20-2)15(12)21-3/h4,6,8,13,16,19H,5,7,9-11H2,1-3H3/t13?,16-,17?/m1/s1. The minimum atomic E-state index is -0.342. The van der Waals surface area contributed by atoms with Crippen LogP contribution in [-0.4, -0.2) is 50.0 Å². The van der Waals surface area contributed by atoms with Crippen molar-refractivity contribution >= 4 is 0 Å². The van der Waals surface area contributed by atoms with Crippen molar-refractivity contribution in [1.29, 1.82) is 0 Å². The fourth-order valence-corrected chi connectivity index (χ4v) is 4.28. The first-order valence-electron chi connectivity index (χ1n) is 7.74. The number of rotatable bonds is 3. The highest BCUT2D eigenvalue weighted by atomic mass is 16.5. The second kappa shape index (κ2) is 5.50. The number of nitrogens with zero attached hydrogens (tertiary/aromatic N) is 1. The van der Waals surface area contributed by atoms with Crippen molar-refractivity contribution in [3.63, 3.8) is 0 Å². The lowest BCUT2D eigenvalue weighted by Gasteiger charge is -2.53. The number of likely N-dealkylation sites (N-methyl/N-ethyl adjacent to an activating group) is 1. The van der Waals surface area contributed by atoms with E-state index in [2.05, 4.69) is 18.0 Å². The van der Waals surface area contributed by atoms with Gasteiger partial charge in [-0.1, -0.05) is 18.6 Å². The Morgan fingerprint density at radius 1 is 1.24 bits per heavy atom. The van der Waals surface area contributed by atoms with Gasteiger partial charge in [-0.25, -0.2) is 0 Å². The molecule has 3 rings (SSSR count). The summed E-state index contributed by atoms with van der Waals surface area (Å²) < 4.78 is 11.1. The molecule has 1 N–H and O–H groups in total. The minimum absolute atomic E-state index is 0.199. The van der Waals surface area contributed by atoms with Crippen LogP contribution < -0.4 is 9.47 Å². The van der Waals surface area contributed by atoms with Gasteiger partial charge in [-0.3, -0.25) is 0 Å². The van der Waals surface area contributed by atoms with E-state index in [9.17, 15) is 5.11 Å². The lowest BCUT2D eigenvalue weighted by molar-refractivity contribution is -0.0680. The first-order chi connectivity index (χ1) is 10.1. The van der Waals surface area contributed by atoms with E-state index in [1.54, 1.807) is 14.2 Å². The first kappa shape index (κ1) is 14.7. The Hall–Kier alpha value is -1.26. The molecule has 2 unspecified atom stereocenters. The number of para-hydroxylation sites is 1. The number of benzene rings is 1. The number of hydrogen-bond donors (Lipinski definition) is 1. The number of ether oxygens (including phenoxy) is 2. The summed E-state index contributed by atoms with van der Waals surface area (Å²) in [6, 6.07) is 6.27. The van der Waals surface area contributed by atoms with Crippen molar-refractivity contribution in [3.05, 3.63) is 23.8 Å². The van der Waals surface area contributed by atoms with E-state index in [4.69, 9.17) is 9.47 Å². The lowest BCUT2D eigenvalue weighted by Crippen LogP contribution is -2.61. The van der Waals surface area contributed by atoms with Crippen molar-refractivity contribution in [2.45, 2.75) is 43.2 Å². The third-order valence-electron chi connectivity index (χ3n) is 5.47. The summed E-state index contributed by atoms with van der Waals surface area (Å²) in [4.78, 5) is 2.30. The van der Waals surface area contributed by atoms with Gasteiger partial charge in [0.1, 0.15) is 0 Å². The molecule has 4 heteroatoms. The highest BCUT2D eigenvalue weighted by Gasteiger charge is 2.51. The van der Waals surface area contributed by atoms with Gasteiger partial charge in [-0.15, -0.1) is 0 Å². The Morgan fingerprint density at radius 2 is 2.05 bits per heavy atom. The minimum Gasteiger partial charge on any atom is -0.493 e. The molecule has 0 aromatic heterocycles. The van der Waals surface area contributed by atoms with E-state index in [1.807, 2.05) is 12.1 Å². The van der Waals surface area contributed by atoms with Gasteiger partial charge < -0.3 is 19.5 Å². The van der Waals surface area contributed by atoms with Gasteiger partial charge in [-0.05, 0) is 38.9 Å². The molecule has 1 aromatic rings. The van der Waals surface area contributed by atoms with Crippen LogP contribution in [0.25, 0.3) is 0 Å². The van der Waals surface area contributed by atoms with Gasteiger partial charge in [0.05, 0.1) is 20.3 Å². The average Bonchev–Trinajstić information content (AvgIpc) is 2.51. The van der Waals surface area contributed by atoms with Crippen molar-refractivity contribution in [2.75, 3.05) is 27.8 Å². The van der Waals surface area contributed by atoms with Gasteiger partial charge in [0.2, 0.25) is 0 Å². The zero-order chi connectivity index (χ0) is 15.0. The van der Waals surface area contributed by atoms with Crippen molar-refractivity contribution in [3.8, 4) is 11.5 Å². The molecule has 4 nitrogen and oxygen atoms in total. The number of methoxy groups -OCH3 is 2. The lowest BCUT2D eigenvalue weighted by atomic mass is 9.61. The molecule has 116 valence electrons. The zero-order valence-electron chi connectivity index (χ0n) is 13.1. The van der Waals surface area contributed by atoms with Crippen LogP contribution in [0.5, 0.6) is 11.5 Å². The van der Waals surface area contributed by atoms with Crippen LogP contribution in [-0.2, 0) is 5.41 Å². The van der Waals surface area contributed by atoms with Crippen molar-refractivity contribution in [2.24, 2.45) is 0 Å². The topological polar surface area (TPSA) is 41.9 Å². The summed E-state index contributed by atoms with van der Waals surface area (Å²) in [6.45, 7) is 1.02. The number of likely N-dealkylation sites (tertiary alicyclic amines) is 1. The maximum Gasteiger partial charge on any atom is 0.164 e. The maximum atomic E-state index is 11.0. The third kappa shape index (κ3) is 2.12. The molecule has 0 amide bonds. The Kier molecular flexibility index (Phi) is 3.84. The molecule has 1 aliphatic carbocycles. The molecule has 0 spiro atoms. The second-order valence-corrected chi connectivity index (χ2v) is 6.33. The van der Waals surface area contributed by atoms with Gasteiger partial charge in [0.15, 0.2) is 11.5 Å². The third-order valence-corrected chi connectivity index (χ3v) is 5.47. The molecule has 2 aliphatic rings. The normalized spacial score (nSPS) is 32.8. The summed E-state index contributed by atoms with van der Waals surface area (Å²) in [5, 5.41) is 11.0. The van der Waals surface area contributed by atoms with Crippen LogP contribution in [0.2, 0.25) is 0 Å². The molecule has 1 saturated heterocycles. The summed E-state index contributed by atoms with van der Waals surface area (Å²) in [7, 11) is 5.46. The molecule has 1 heterocycles. The monoisotopic (exact) mass is 291 g/mol. The van der Waals surface area contributed by atoms with Crippen LogP contribution in [0.4, 0.5) is 0 Å². The molecule has 2 fully saturated rings. The van der Waals surface area contributed by atoms with Crippen LogP contribution in [0, 0.1) is 0 Å². The quantitative estimate of drug-likeness (QED) is 0.927. The summed E-state index contributed by atoms with van der Waals surface area (Å²) in [5.74, 6) is 1.53. The molecule has 2 bridgehead atoms. The summed E-state index contributed by atoms with van der Waals surface area (Å²) >= 11 is 0. The fraction of sp³-hybridized carbons (Fsp3) is 0.647. The number of aliphatic hydroxyl groups is 1. The van der Waals surface area contributed by atoms with Gasteiger partial charge in [0.25, 0.3) is 0 Å². The highest BCUT2D eigenvalue weighted by Crippen LogP contribution is 2.51. The number of piperidine rings is 1. The average molecular weight is 291 g/mol. The summed E-state index contributed by atoms with van der Waals surface area (Å²) in [5.41, 5.74) is 0.907. The Labute approximate surface area is 126 Å². The second-order valence-electron chi connectivity index (χ2n) is 6.33. The van der Waals surface area contributed by atoms with E-state index in [-0.39, 0.29) is 17.6 Å². The molecule has 1 aliphatic heterocycles. The van der Waals surface area contributed by atoms with Gasteiger partial charge in [-0.2, -0.15) is 0 Å². The molecule has 1 aromatic carbocycles. The predicted octanol–water partition coefficient (Wildman–Crippen LogP) is 2.19. The highest BCUT2D eigenvalue weighted by molar-refractivity contribution is 5.51. The van der Waals surface area contributed by atoms with Crippen molar-refractivity contribution in [1.82, 2.24) is 4.90 Å². The van der Waals surface area contributed by atoms with Crippen LogP contribution in [0.1, 0.15) is 31.2 Å². The molecular formula is C17H25NO3. The molecule has 1 saturated carbocycles. The maximum absolute atomic E-state index is 11.0. The van der Waals surface area contributed by atoms with Crippen molar-refractivity contribution < 1.29 is 14.6 Å². The molecular weight excluding hydrogens is 266 g/mol. The van der Waals surface area contributed by atoms with Crippen LogP contribution in [0.3, 0.4) is 0 Å². The van der Waals surface area contributed by atoms with E-state index in [0.717, 1.165) is 49.3 Å². The Balaban J connectivity index is 2.10. The van der Waals surface area contributed by atoms with Crippen LogP contribution in [0.15, 0.2) is 18.2 Å². The molecule has 21 heavy (non-hydrogen) atoms. The van der Waals surface area contributed by atoms with Gasteiger partial charge >= 0.3 is 0 Å². The number of aliphatic hydroxyl groups excluding tert-OH is 1. The summed E-state index contributed by atoms with van der Waals surface area (Å²) in [6.07, 6.45) is 3.86. The number of hydrogen-bond acceptors (Lipinski definition) is 4. The fourth-order valence-electron chi connectivity index (χ4n) is 4.28. The Morgan fingerprint density at radius 3 is 2.76 bits per heavy atom. The SMILES string of the molecule is COc1cccc(C23CCCC([C@H]2O)N(C)CC3)c1OC. The smallest absolute Gasteiger partial charge is 0.164 e. The van der Waals surface area contributed by atoms with E-state index < -0.39 is 0 Å². The van der Waals surface area contributed by atoms with Gasteiger partial charge in [0, 0.05) is 17.0 Å². The zero-order valence-corrected chi connectivity index (χ0v) is 13.1. The van der Waals surface area contributed by atoms with E-state index in [1.165, 1.54) is 0 Å². The van der Waals surface area contributed by atoms with Crippen LogP contribution >= 0.6 is 0 Å². The predicted molar refractivity (Wildman–Crippen MR) is 82.1 cm³/mol. The van der Waals surface area contributed by atoms with E-state index in [0.29, 0.717) is 0 Å². The largest absolute Gasteiger partial charge is 0.493 e. The molecule has 0 radical (unpaired) electrons. The number of fused-ring (bicyclic) bond motifs is 2. The van der Waals surface area contributed by atoms with E-state index >= 15 is 0 Å². The Bertz CT molecular complexity index is 519. The molecule has 3 atom stereocenters. The first-order valence-corrected chi connectivity index (χ1v) is 7.74.